The Labute approximate surface area is 126 Å². The number of aryl methyl sites for hydroxylation is 1. The van der Waals surface area contributed by atoms with Crippen LogP contribution in [0.2, 0.25) is 0 Å². The summed E-state index contributed by atoms with van der Waals surface area (Å²) in [7, 11) is 0. The molecule has 1 N–H and O–H groups in total. The van der Waals surface area contributed by atoms with Crippen LogP contribution in [0, 0.1) is 24.7 Å². The van der Waals surface area contributed by atoms with E-state index in [1.807, 2.05) is 25.1 Å². The van der Waals surface area contributed by atoms with Crippen LogP contribution in [0.5, 0.6) is 0 Å². The van der Waals surface area contributed by atoms with Crippen molar-refractivity contribution >= 4 is 5.91 Å². The van der Waals surface area contributed by atoms with Crippen molar-refractivity contribution in [3.05, 3.63) is 34.9 Å². The van der Waals surface area contributed by atoms with Crippen molar-refractivity contribution in [2.24, 2.45) is 5.92 Å². The van der Waals surface area contributed by atoms with Crippen molar-refractivity contribution in [3.63, 3.8) is 0 Å². The zero-order valence-electron chi connectivity index (χ0n) is 12.4. The van der Waals surface area contributed by atoms with Crippen LogP contribution in [0.15, 0.2) is 18.2 Å². The standard InChI is InChI=1S/C18H21NO2/c1-13-11-16(7-6-15(13)3-2-10-20)18(21)19(17-8-9-17)12-14-4-5-14/h6-7,11,14,17,20H,4-5,8-10,12H2,1H3. The highest BCUT2D eigenvalue weighted by molar-refractivity contribution is 5.95. The van der Waals surface area contributed by atoms with Crippen LogP contribution in [0.1, 0.15) is 47.2 Å². The summed E-state index contributed by atoms with van der Waals surface area (Å²) in [6.45, 7) is 2.74. The quantitative estimate of drug-likeness (QED) is 0.862. The third-order valence-electron chi connectivity index (χ3n) is 4.18. The summed E-state index contributed by atoms with van der Waals surface area (Å²) < 4.78 is 0. The first-order valence-electron chi connectivity index (χ1n) is 7.70. The molecule has 2 aliphatic carbocycles. The van der Waals surface area contributed by atoms with Gasteiger partial charge in [-0.2, -0.15) is 0 Å². The highest BCUT2D eigenvalue weighted by atomic mass is 16.2. The predicted molar refractivity (Wildman–Crippen MR) is 81.9 cm³/mol. The molecule has 0 atom stereocenters. The Bertz CT molecular complexity index is 603. The number of carbonyl (C=O) groups excluding carboxylic acids is 1. The minimum atomic E-state index is -0.142. The first-order valence-corrected chi connectivity index (χ1v) is 7.70. The first kappa shape index (κ1) is 14.2. The van der Waals surface area contributed by atoms with Gasteiger partial charge >= 0.3 is 0 Å². The molecule has 21 heavy (non-hydrogen) atoms. The minimum absolute atomic E-state index is 0.142. The van der Waals surface area contributed by atoms with Crippen molar-refractivity contribution in [1.82, 2.24) is 4.90 Å². The molecule has 3 heteroatoms. The fraction of sp³-hybridized carbons (Fsp3) is 0.500. The molecule has 0 bridgehead atoms. The number of hydrogen-bond acceptors (Lipinski definition) is 2. The number of benzene rings is 1. The van der Waals surface area contributed by atoms with E-state index in [-0.39, 0.29) is 12.5 Å². The van der Waals surface area contributed by atoms with Gasteiger partial charge in [0.15, 0.2) is 0 Å². The van der Waals surface area contributed by atoms with Crippen molar-refractivity contribution in [2.75, 3.05) is 13.2 Å². The fourth-order valence-electron chi connectivity index (χ4n) is 2.60. The lowest BCUT2D eigenvalue weighted by molar-refractivity contribution is 0.0734. The molecular weight excluding hydrogens is 262 g/mol. The molecule has 0 aliphatic heterocycles. The zero-order valence-corrected chi connectivity index (χ0v) is 12.4. The molecule has 0 radical (unpaired) electrons. The molecule has 3 rings (SSSR count). The highest BCUT2D eigenvalue weighted by Gasteiger charge is 2.36. The molecule has 110 valence electrons. The van der Waals surface area contributed by atoms with Gasteiger partial charge in [0.25, 0.3) is 5.91 Å². The lowest BCUT2D eigenvalue weighted by Gasteiger charge is -2.22. The van der Waals surface area contributed by atoms with Crippen LogP contribution >= 0.6 is 0 Å². The lowest BCUT2D eigenvalue weighted by Crippen LogP contribution is -2.34. The average molecular weight is 283 g/mol. The van der Waals surface area contributed by atoms with Crippen LogP contribution in [0.4, 0.5) is 0 Å². The van der Waals surface area contributed by atoms with Crippen LogP contribution in [0.3, 0.4) is 0 Å². The van der Waals surface area contributed by atoms with Crippen molar-refractivity contribution < 1.29 is 9.90 Å². The van der Waals surface area contributed by atoms with E-state index in [0.29, 0.717) is 6.04 Å². The molecule has 3 nitrogen and oxygen atoms in total. The van der Waals surface area contributed by atoms with Crippen LogP contribution in [-0.4, -0.2) is 35.1 Å². The van der Waals surface area contributed by atoms with E-state index < -0.39 is 0 Å². The maximum atomic E-state index is 12.7. The molecule has 2 aliphatic rings. The molecule has 0 saturated heterocycles. The van der Waals surface area contributed by atoms with E-state index in [0.717, 1.165) is 42.0 Å². The second-order valence-electron chi connectivity index (χ2n) is 6.12. The second kappa shape index (κ2) is 5.91. The molecule has 1 amide bonds. The van der Waals surface area contributed by atoms with E-state index in [9.17, 15) is 4.79 Å². The van der Waals surface area contributed by atoms with Crippen LogP contribution in [0.25, 0.3) is 0 Å². The third kappa shape index (κ3) is 3.46. The third-order valence-corrected chi connectivity index (χ3v) is 4.18. The summed E-state index contributed by atoms with van der Waals surface area (Å²) in [5, 5.41) is 8.76. The van der Waals surface area contributed by atoms with E-state index in [1.165, 1.54) is 12.8 Å². The zero-order chi connectivity index (χ0) is 14.8. The monoisotopic (exact) mass is 283 g/mol. The SMILES string of the molecule is Cc1cc(C(=O)N(CC2CC2)C2CC2)ccc1C#CCO. The predicted octanol–water partition coefficient (Wildman–Crippen LogP) is 2.35. The highest BCUT2D eigenvalue weighted by Crippen LogP contribution is 2.35. The summed E-state index contributed by atoms with van der Waals surface area (Å²) in [6.07, 6.45) is 4.84. The Morgan fingerprint density at radius 1 is 1.33 bits per heavy atom. The number of rotatable bonds is 4. The number of amides is 1. The van der Waals surface area contributed by atoms with Crippen molar-refractivity contribution in [2.45, 2.75) is 38.6 Å². The first-order chi connectivity index (χ1) is 10.2. The molecule has 2 fully saturated rings. The van der Waals surface area contributed by atoms with Gasteiger partial charge in [0, 0.05) is 23.7 Å². The van der Waals surface area contributed by atoms with E-state index >= 15 is 0 Å². The summed E-state index contributed by atoms with van der Waals surface area (Å²) >= 11 is 0. The van der Waals surface area contributed by atoms with Crippen molar-refractivity contribution in [3.8, 4) is 11.8 Å². The molecule has 0 aromatic heterocycles. The Balaban J connectivity index is 1.78. The number of aliphatic hydroxyl groups is 1. The smallest absolute Gasteiger partial charge is 0.254 e. The van der Waals surface area contributed by atoms with Gasteiger partial charge in [-0.25, -0.2) is 0 Å². The van der Waals surface area contributed by atoms with Gasteiger partial charge in [0.2, 0.25) is 0 Å². The Morgan fingerprint density at radius 3 is 2.67 bits per heavy atom. The molecule has 1 aromatic rings. The van der Waals surface area contributed by atoms with Gasteiger partial charge < -0.3 is 10.0 Å². The summed E-state index contributed by atoms with van der Waals surface area (Å²) in [4.78, 5) is 14.8. The number of aliphatic hydroxyl groups excluding tert-OH is 1. The summed E-state index contributed by atoms with van der Waals surface area (Å²) in [6, 6.07) is 6.13. The van der Waals surface area contributed by atoms with Gasteiger partial charge in [0.05, 0.1) is 0 Å². The van der Waals surface area contributed by atoms with E-state index in [4.69, 9.17) is 5.11 Å². The molecular formula is C18H21NO2. The molecule has 0 spiro atoms. The van der Waals surface area contributed by atoms with Gasteiger partial charge in [-0.05, 0) is 62.3 Å². The second-order valence-corrected chi connectivity index (χ2v) is 6.12. The summed E-state index contributed by atoms with van der Waals surface area (Å²) in [5.74, 6) is 6.45. The Morgan fingerprint density at radius 2 is 2.10 bits per heavy atom. The normalized spacial score (nSPS) is 17.0. The van der Waals surface area contributed by atoms with Gasteiger partial charge in [-0.1, -0.05) is 11.8 Å². The molecule has 0 heterocycles. The largest absolute Gasteiger partial charge is 0.384 e. The fourth-order valence-corrected chi connectivity index (χ4v) is 2.60. The maximum Gasteiger partial charge on any atom is 0.254 e. The van der Waals surface area contributed by atoms with E-state index in [1.54, 1.807) is 0 Å². The van der Waals surface area contributed by atoms with E-state index in [2.05, 4.69) is 16.7 Å². The Hall–Kier alpha value is -1.79. The average Bonchev–Trinajstić information content (AvgIpc) is 3.36. The van der Waals surface area contributed by atoms with Gasteiger partial charge in [-0.3, -0.25) is 4.79 Å². The maximum absolute atomic E-state index is 12.7. The molecule has 2 saturated carbocycles. The minimum Gasteiger partial charge on any atom is -0.384 e. The van der Waals surface area contributed by atoms with Crippen LogP contribution < -0.4 is 0 Å². The topological polar surface area (TPSA) is 40.5 Å². The van der Waals surface area contributed by atoms with Crippen LogP contribution in [-0.2, 0) is 0 Å². The van der Waals surface area contributed by atoms with Crippen molar-refractivity contribution in [1.29, 1.82) is 0 Å². The number of carbonyl (C=O) groups is 1. The molecule has 0 unspecified atom stereocenters. The molecule has 1 aromatic carbocycles. The Kier molecular flexibility index (Phi) is 3.98. The van der Waals surface area contributed by atoms with Gasteiger partial charge in [0.1, 0.15) is 6.61 Å². The number of hydrogen-bond donors (Lipinski definition) is 1. The lowest BCUT2D eigenvalue weighted by atomic mass is 10.0. The number of nitrogens with zero attached hydrogens (tertiary/aromatic N) is 1. The summed E-state index contributed by atoms with van der Waals surface area (Å²) in [5.41, 5.74) is 2.62. The van der Waals surface area contributed by atoms with Gasteiger partial charge in [-0.15, -0.1) is 0 Å².